The maximum absolute atomic E-state index is 14.3. The van der Waals surface area contributed by atoms with Gasteiger partial charge in [-0.25, -0.2) is 0 Å². The molecule has 0 spiro atoms. The minimum absolute atomic E-state index is 0.176. The van der Waals surface area contributed by atoms with Crippen LogP contribution in [0, 0.1) is 0 Å². The van der Waals surface area contributed by atoms with Gasteiger partial charge < -0.3 is 4.90 Å². The number of carbonyl (C=O) groups is 1. The van der Waals surface area contributed by atoms with Crippen molar-refractivity contribution in [3.8, 4) is 0 Å². The number of hydrogen-bond acceptors (Lipinski definition) is 1. The zero-order valence-corrected chi connectivity index (χ0v) is 20.6. The fraction of sp³-hybridized carbons (Fsp3) is 0.114. The zero-order valence-electron chi connectivity index (χ0n) is 20.6. The van der Waals surface area contributed by atoms with Crippen molar-refractivity contribution in [3.63, 3.8) is 0 Å². The maximum atomic E-state index is 14.3. The molecular weight excluding hydrogens is 450 g/mol. The number of nitrogens with zero attached hydrogens (tertiary/aromatic N) is 1. The Labute approximate surface area is 217 Å². The molecule has 0 aromatic heterocycles. The van der Waals surface area contributed by atoms with Crippen molar-refractivity contribution >= 4 is 27.8 Å². The molecule has 0 radical (unpaired) electrons. The molecule has 0 fully saturated rings. The maximum Gasteiger partial charge on any atom is 0.224 e. The van der Waals surface area contributed by atoms with Crippen LogP contribution in [0.25, 0.3) is 21.9 Å². The van der Waals surface area contributed by atoms with Crippen molar-refractivity contribution in [2.45, 2.75) is 11.8 Å². The Kier molecular flexibility index (Phi) is 5.07. The Hall–Kier alpha value is -4.43. The average molecular weight is 478 g/mol. The van der Waals surface area contributed by atoms with Gasteiger partial charge in [0, 0.05) is 19.5 Å². The second-order valence-corrected chi connectivity index (χ2v) is 10.1. The summed E-state index contributed by atoms with van der Waals surface area (Å²) in [4.78, 5) is 16.3. The number of carbonyl (C=O) groups excluding carboxylic acids is 1. The molecule has 5 aromatic rings. The van der Waals surface area contributed by atoms with Gasteiger partial charge in [-0.2, -0.15) is 0 Å². The van der Waals surface area contributed by atoms with Crippen molar-refractivity contribution in [2.24, 2.45) is 0 Å². The topological polar surface area (TPSA) is 20.3 Å². The molecule has 5 aromatic carbocycles. The Bertz CT molecular complexity index is 1500. The zero-order chi connectivity index (χ0) is 24.8. The third-order valence-electron chi connectivity index (χ3n) is 8.19. The van der Waals surface area contributed by atoms with Gasteiger partial charge in [0.1, 0.15) is 0 Å². The molecule has 0 N–H and O–H groups in total. The molecule has 178 valence electrons. The summed E-state index contributed by atoms with van der Waals surface area (Å²) >= 11 is 0. The van der Waals surface area contributed by atoms with Crippen LogP contribution in [0.2, 0.25) is 0 Å². The predicted octanol–water partition coefficient (Wildman–Crippen LogP) is 7.33. The minimum atomic E-state index is -0.578. The van der Waals surface area contributed by atoms with E-state index in [4.69, 9.17) is 0 Å². The van der Waals surface area contributed by atoms with Gasteiger partial charge in [0.05, 0.1) is 5.41 Å². The predicted molar refractivity (Wildman–Crippen MR) is 151 cm³/mol. The first-order valence-corrected chi connectivity index (χ1v) is 12.9. The van der Waals surface area contributed by atoms with Crippen molar-refractivity contribution in [3.05, 3.63) is 155 Å². The standard InChI is InChI=1S/C35H27NO/c37-33(36-23-31-29-20-10-12-25-13-11-21-30(34(25)29)32(31)24-36)22-35(26-14-4-1-5-15-26,27-16-6-2-7-17-27)28-18-8-3-9-19-28/h1-21H,22-24H2. The van der Waals surface area contributed by atoms with E-state index in [-0.39, 0.29) is 5.91 Å². The van der Waals surface area contributed by atoms with Gasteiger partial charge in [-0.3, -0.25) is 4.79 Å². The van der Waals surface area contributed by atoms with Crippen molar-refractivity contribution in [1.82, 2.24) is 4.90 Å². The molecule has 2 aliphatic rings. The van der Waals surface area contributed by atoms with E-state index >= 15 is 0 Å². The van der Waals surface area contributed by atoms with Crippen LogP contribution in [0.1, 0.15) is 34.2 Å². The summed E-state index contributed by atoms with van der Waals surface area (Å²) in [6.45, 7) is 1.33. The van der Waals surface area contributed by atoms with Crippen LogP contribution in [0.3, 0.4) is 0 Å². The number of fused-ring (bicyclic) bond motifs is 2. The van der Waals surface area contributed by atoms with E-state index in [0.717, 1.165) is 16.7 Å². The van der Waals surface area contributed by atoms with Gasteiger partial charge in [-0.1, -0.05) is 127 Å². The van der Waals surface area contributed by atoms with E-state index in [0.29, 0.717) is 19.5 Å². The first kappa shape index (κ1) is 21.8. The Morgan fingerprint density at radius 1 is 0.568 bits per heavy atom. The van der Waals surface area contributed by atoms with Crippen LogP contribution >= 0.6 is 0 Å². The molecule has 1 amide bonds. The number of hydrogen-bond donors (Lipinski definition) is 0. The lowest BCUT2D eigenvalue weighted by Crippen LogP contribution is -2.39. The van der Waals surface area contributed by atoms with E-state index in [1.165, 1.54) is 33.0 Å². The SMILES string of the molecule is O=C(CC(c1ccccc1)(c1ccccc1)c1ccccc1)N1CC2=C(C1)c1cccc3cccc2c13. The third-order valence-corrected chi connectivity index (χ3v) is 8.19. The van der Waals surface area contributed by atoms with Crippen molar-refractivity contribution in [2.75, 3.05) is 13.1 Å². The molecule has 0 saturated carbocycles. The normalized spacial score (nSPS) is 14.3. The Morgan fingerprint density at radius 3 is 1.43 bits per heavy atom. The highest BCUT2D eigenvalue weighted by molar-refractivity contribution is 6.16. The molecule has 1 aliphatic heterocycles. The second kappa shape index (κ2) is 8.60. The molecule has 1 heterocycles. The molecule has 1 aliphatic carbocycles. The molecule has 2 heteroatoms. The molecule has 0 atom stereocenters. The third kappa shape index (κ3) is 3.37. The van der Waals surface area contributed by atoms with E-state index < -0.39 is 5.41 Å². The number of rotatable bonds is 5. The van der Waals surface area contributed by atoms with Gasteiger partial charge >= 0.3 is 0 Å². The van der Waals surface area contributed by atoms with Gasteiger partial charge in [0.15, 0.2) is 0 Å². The van der Waals surface area contributed by atoms with Gasteiger partial charge in [0.25, 0.3) is 0 Å². The van der Waals surface area contributed by atoms with E-state index in [1.807, 2.05) is 18.2 Å². The van der Waals surface area contributed by atoms with Crippen LogP contribution in [-0.4, -0.2) is 23.9 Å². The summed E-state index contributed by atoms with van der Waals surface area (Å²) in [5.74, 6) is 0.176. The summed E-state index contributed by atoms with van der Waals surface area (Å²) in [6.07, 6.45) is 0.372. The largest absolute Gasteiger partial charge is 0.334 e. The van der Waals surface area contributed by atoms with Crippen LogP contribution < -0.4 is 0 Å². The first-order chi connectivity index (χ1) is 18.3. The van der Waals surface area contributed by atoms with Gasteiger partial charge in [-0.15, -0.1) is 0 Å². The van der Waals surface area contributed by atoms with E-state index in [2.05, 4.69) is 114 Å². The molecular formula is C35H27NO. The van der Waals surface area contributed by atoms with Gasteiger partial charge in [0.2, 0.25) is 5.91 Å². The van der Waals surface area contributed by atoms with Gasteiger partial charge in [-0.05, 0) is 49.7 Å². The van der Waals surface area contributed by atoms with Crippen molar-refractivity contribution in [1.29, 1.82) is 0 Å². The second-order valence-electron chi connectivity index (χ2n) is 10.1. The van der Waals surface area contributed by atoms with Crippen LogP contribution in [0.5, 0.6) is 0 Å². The number of amides is 1. The van der Waals surface area contributed by atoms with E-state index in [9.17, 15) is 4.79 Å². The quantitative estimate of drug-likeness (QED) is 0.243. The molecule has 0 bridgehead atoms. The fourth-order valence-corrected chi connectivity index (χ4v) is 6.46. The highest BCUT2D eigenvalue weighted by atomic mass is 16.2. The molecule has 2 nitrogen and oxygen atoms in total. The van der Waals surface area contributed by atoms with E-state index in [1.54, 1.807) is 0 Å². The monoisotopic (exact) mass is 477 g/mol. The first-order valence-electron chi connectivity index (χ1n) is 12.9. The highest BCUT2D eigenvalue weighted by Gasteiger charge is 2.41. The molecule has 7 rings (SSSR count). The van der Waals surface area contributed by atoms with Crippen LogP contribution in [0.15, 0.2) is 127 Å². The lowest BCUT2D eigenvalue weighted by molar-refractivity contribution is -0.130. The Balaban J connectivity index is 1.29. The van der Waals surface area contributed by atoms with Crippen molar-refractivity contribution < 1.29 is 4.79 Å². The lowest BCUT2D eigenvalue weighted by atomic mass is 9.67. The fourth-order valence-electron chi connectivity index (χ4n) is 6.46. The molecule has 0 saturated heterocycles. The summed E-state index contributed by atoms with van der Waals surface area (Å²) in [5, 5.41) is 2.62. The van der Waals surface area contributed by atoms with Crippen LogP contribution in [-0.2, 0) is 10.2 Å². The minimum Gasteiger partial charge on any atom is -0.334 e. The highest BCUT2D eigenvalue weighted by Crippen LogP contribution is 2.47. The summed E-state index contributed by atoms with van der Waals surface area (Å²) < 4.78 is 0. The summed E-state index contributed by atoms with van der Waals surface area (Å²) in [7, 11) is 0. The lowest BCUT2D eigenvalue weighted by Gasteiger charge is -2.37. The summed E-state index contributed by atoms with van der Waals surface area (Å²) in [6, 6.07) is 44.6. The number of benzene rings is 5. The molecule has 0 unspecified atom stereocenters. The molecule has 37 heavy (non-hydrogen) atoms. The average Bonchev–Trinajstić information content (AvgIpc) is 3.53. The van der Waals surface area contributed by atoms with Crippen LogP contribution in [0.4, 0.5) is 0 Å². The summed E-state index contributed by atoms with van der Waals surface area (Å²) in [5.41, 5.74) is 8.03. The Morgan fingerprint density at radius 2 is 1.00 bits per heavy atom. The smallest absolute Gasteiger partial charge is 0.224 e.